The highest BCUT2D eigenvalue weighted by atomic mass is 79.9. The Hall–Kier alpha value is -0.910. The third kappa shape index (κ3) is 2.04. The van der Waals surface area contributed by atoms with Crippen LogP contribution in [0.3, 0.4) is 0 Å². The van der Waals surface area contributed by atoms with Gasteiger partial charge in [0.2, 0.25) is 0 Å². The highest BCUT2D eigenvalue weighted by Crippen LogP contribution is 2.33. The van der Waals surface area contributed by atoms with Gasteiger partial charge in [-0.1, -0.05) is 15.9 Å². The van der Waals surface area contributed by atoms with E-state index in [2.05, 4.69) is 21.4 Å². The predicted octanol–water partition coefficient (Wildman–Crippen LogP) is 3.45. The summed E-state index contributed by atoms with van der Waals surface area (Å²) >= 11 is 4.91. The van der Waals surface area contributed by atoms with Crippen molar-refractivity contribution in [2.75, 3.05) is 12.6 Å². The lowest BCUT2D eigenvalue weighted by Crippen LogP contribution is -1.94. The molecule has 1 aromatic heterocycles. The molecule has 0 aliphatic carbocycles. The molecule has 1 N–H and O–H groups in total. The smallest absolute Gasteiger partial charge is 0.160 e. The number of anilines is 1. The van der Waals surface area contributed by atoms with Crippen LogP contribution in [0.2, 0.25) is 0 Å². The molecule has 0 unspecified atom stereocenters. The summed E-state index contributed by atoms with van der Waals surface area (Å²) in [4.78, 5) is 16.2. The van der Waals surface area contributed by atoms with Gasteiger partial charge in [-0.2, -0.15) is 0 Å². The maximum Gasteiger partial charge on any atom is 0.160 e. The fraction of sp³-hybridized carbons (Fsp3) is 0.100. The van der Waals surface area contributed by atoms with E-state index < -0.39 is 0 Å². The van der Waals surface area contributed by atoms with Gasteiger partial charge in [0.15, 0.2) is 6.29 Å². The maximum atomic E-state index is 10.7. The van der Waals surface area contributed by atoms with Crippen molar-refractivity contribution in [2.45, 2.75) is 0 Å². The Morgan fingerprint density at radius 1 is 1.47 bits per heavy atom. The molecule has 2 aromatic rings. The van der Waals surface area contributed by atoms with Gasteiger partial charge in [-0.25, -0.2) is 0 Å². The van der Waals surface area contributed by atoms with Crippen molar-refractivity contribution in [3.8, 4) is 0 Å². The monoisotopic (exact) mass is 285 g/mol. The molecular weight excluding hydrogens is 278 g/mol. The minimum atomic E-state index is 0.722. The topological polar surface area (TPSA) is 38.3 Å². The zero-order valence-corrected chi connectivity index (χ0v) is 10.3. The number of hydrogen-bond donors (Lipinski definition) is 1. The number of fused-ring (bicyclic) bond motifs is 1. The number of carbonyl (C=O) groups excluding carboxylic acids is 1. The summed E-state index contributed by atoms with van der Waals surface area (Å²) in [6, 6.07) is 5.72. The fourth-order valence-corrected chi connectivity index (χ4v) is 3.00. The number of nitrogens with one attached hydrogen (secondary N) is 1. The SMILES string of the molecule is CONc1cc(Br)c2cc(C=O)sc2c1. The standard InChI is InChI=1S/C10H8BrNO2S/c1-14-12-6-2-9(11)8-4-7(5-13)15-10(8)3-6/h2-5,12H,1H3. The van der Waals surface area contributed by atoms with Gasteiger partial charge < -0.3 is 0 Å². The number of thiophene rings is 1. The van der Waals surface area contributed by atoms with E-state index in [9.17, 15) is 4.79 Å². The molecule has 1 heterocycles. The molecule has 1 aromatic carbocycles. The predicted molar refractivity (Wildman–Crippen MR) is 65.5 cm³/mol. The van der Waals surface area contributed by atoms with E-state index in [4.69, 9.17) is 4.84 Å². The van der Waals surface area contributed by atoms with Crippen LogP contribution in [0.25, 0.3) is 10.1 Å². The first-order valence-corrected chi connectivity index (χ1v) is 5.83. The first-order chi connectivity index (χ1) is 7.24. The summed E-state index contributed by atoms with van der Waals surface area (Å²) in [6.45, 7) is 0. The Kier molecular flexibility index (Phi) is 3.04. The largest absolute Gasteiger partial charge is 0.297 e. The maximum absolute atomic E-state index is 10.7. The second-order valence-electron chi connectivity index (χ2n) is 2.94. The Morgan fingerprint density at radius 2 is 2.27 bits per heavy atom. The summed E-state index contributed by atoms with van der Waals surface area (Å²) < 4.78 is 2.00. The van der Waals surface area contributed by atoms with Gasteiger partial charge in [0.1, 0.15) is 0 Å². The lowest BCUT2D eigenvalue weighted by Gasteiger charge is -2.03. The van der Waals surface area contributed by atoms with Crippen molar-refractivity contribution in [3.05, 3.63) is 27.5 Å². The Morgan fingerprint density at radius 3 is 2.93 bits per heavy atom. The molecule has 0 saturated carbocycles. The van der Waals surface area contributed by atoms with Crippen LogP contribution in [0.5, 0.6) is 0 Å². The number of carbonyl (C=O) groups is 1. The van der Waals surface area contributed by atoms with Gasteiger partial charge in [0.25, 0.3) is 0 Å². The van der Waals surface area contributed by atoms with Crippen molar-refractivity contribution < 1.29 is 9.63 Å². The van der Waals surface area contributed by atoms with Gasteiger partial charge in [-0.3, -0.25) is 15.1 Å². The van der Waals surface area contributed by atoms with Crippen LogP contribution < -0.4 is 5.48 Å². The summed E-state index contributed by atoms with van der Waals surface area (Å²) in [6.07, 6.45) is 0.862. The third-order valence-electron chi connectivity index (χ3n) is 1.94. The van der Waals surface area contributed by atoms with Gasteiger partial charge in [0.05, 0.1) is 17.7 Å². The third-order valence-corrected chi connectivity index (χ3v) is 3.61. The molecule has 0 fully saturated rings. The molecule has 0 bridgehead atoms. The number of rotatable bonds is 3. The molecule has 3 nitrogen and oxygen atoms in total. The molecule has 2 rings (SSSR count). The molecule has 0 saturated heterocycles. The van der Waals surface area contributed by atoms with Gasteiger partial charge in [-0.15, -0.1) is 11.3 Å². The summed E-state index contributed by atoms with van der Waals surface area (Å²) in [5.74, 6) is 0. The van der Waals surface area contributed by atoms with E-state index in [1.54, 1.807) is 7.11 Å². The van der Waals surface area contributed by atoms with E-state index in [1.807, 2.05) is 18.2 Å². The Bertz CT molecular complexity index is 509. The van der Waals surface area contributed by atoms with Crippen molar-refractivity contribution in [3.63, 3.8) is 0 Å². The Labute approximate surface area is 99.1 Å². The van der Waals surface area contributed by atoms with Crippen molar-refractivity contribution in [1.29, 1.82) is 0 Å². The molecule has 0 aliphatic heterocycles. The second-order valence-corrected chi connectivity index (χ2v) is 4.91. The van der Waals surface area contributed by atoms with Crippen molar-refractivity contribution in [2.24, 2.45) is 0 Å². The highest BCUT2D eigenvalue weighted by molar-refractivity contribution is 9.10. The molecule has 0 aliphatic rings. The summed E-state index contributed by atoms with van der Waals surface area (Å²) in [7, 11) is 1.56. The summed E-state index contributed by atoms with van der Waals surface area (Å²) in [5, 5.41) is 1.05. The fourth-order valence-electron chi connectivity index (χ4n) is 1.35. The minimum Gasteiger partial charge on any atom is -0.297 e. The van der Waals surface area contributed by atoms with Crippen molar-refractivity contribution >= 4 is 49.3 Å². The van der Waals surface area contributed by atoms with Crippen LogP contribution in [-0.2, 0) is 4.84 Å². The zero-order chi connectivity index (χ0) is 10.8. The molecule has 15 heavy (non-hydrogen) atoms. The minimum absolute atomic E-state index is 0.722. The van der Waals surface area contributed by atoms with Crippen LogP contribution in [0.15, 0.2) is 22.7 Å². The number of aldehydes is 1. The molecule has 78 valence electrons. The van der Waals surface area contributed by atoms with E-state index >= 15 is 0 Å². The highest BCUT2D eigenvalue weighted by Gasteiger charge is 2.06. The van der Waals surface area contributed by atoms with Crippen LogP contribution in [-0.4, -0.2) is 13.4 Å². The van der Waals surface area contributed by atoms with E-state index in [1.165, 1.54) is 11.3 Å². The van der Waals surface area contributed by atoms with Crippen LogP contribution in [0, 0.1) is 0 Å². The molecule has 0 spiro atoms. The van der Waals surface area contributed by atoms with E-state index in [-0.39, 0.29) is 0 Å². The first kappa shape index (κ1) is 10.6. The number of hydrogen-bond acceptors (Lipinski definition) is 4. The summed E-state index contributed by atoms with van der Waals surface area (Å²) in [5.41, 5.74) is 3.61. The van der Waals surface area contributed by atoms with Crippen molar-refractivity contribution in [1.82, 2.24) is 0 Å². The normalized spacial score (nSPS) is 10.5. The molecule has 0 radical (unpaired) electrons. The molecule has 0 atom stereocenters. The lowest BCUT2D eigenvalue weighted by atomic mass is 10.2. The molecular formula is C10H8BrNO2S. The first-order valence-electron chi connectivity index (χ1n) is 4.22. The average Bonchev–Trinajstić information content (AvgIpc) is 2.62. The van der Waals surface area contributed by atoms with E-state index in [0.717, 1.165) is 31.4 Å². The van der Waals surface area contributed by atoms with Crippen LogP contribution in [0.1, 0.15) is 9.67 Å². The van der Waals surface area contributed by atoms with E-state index in [0.29, 0.717) is 0 Å². The number of halogens is 1. The van der Waals surface area contributed by atoms with Crippen LogP contribution >= 0.6 is 27.3 Å². The number of benzene rings is 1. The second kappa shape index (κ2) is 4.30. The zero-order valence-electron chi connectivity index (χ0n) is 7.91. The quantitative estimate of drug-likeness (QED) is 0.693. The average molecular weight is 286 g/mol. The van der Waals surface area contributed by atoms with Gasteiger partial charge in [0, 0.05) is 14.6 Å². The Balaban J connectivity index is 2.59. The lowest BCUT2D eigenvalue weighted by molar-refractivity contribution is 0.112. The molecule has 5 heteroatoms. The van der Waals surface area contributed by atoms with Crippen LogP contribution in [0.4, 0.5) is 5.69 Å². The van der Waals surface area contributed by atoms with Gasteiger partial charge in [-0.05, 0) is 18.2 Å². The van der Waals surface area contributed by atoms with Gasteiger partial charge >= 0.3 is 0 Å². The molecule has 0 amide bonds.